The Labute approximate surface area is 95.4 Å². The monoisotopic (exact) mass is 272 g/mol. The summed E-state index contributed by atoms with van der Waals surface area (Å²) in [5, 5.41) is 2.68. The van der Waals surface area contributed by atoms with Crippen LogP contribution in [-0.4, -0.2) is 19.1 Å². The van der Waals surface area contributed by atoms with E-state index in [0.29, 0.717) is 23.2 Å². The van der Waals surface area contributed by atoms with E-state index in [9.17, 15) is 9.18 Å². The fraction of sp³-hybridized carbons (Fsp3) is 0.300. The molecule has 2 amide bonds. The number of anilines is 1. The van der Waals surface area contributed by atoms with Crippen LogP contribution in [0.2, 0.25) is 0 Å². The van der Waals surface area contributed by atoms with Gasteiger partial charge >= 0.3 is 6.03 Å². The van der Waals surface area contributed by atoms with E-state index >= 15 is 0 Å². The van der Waals surface area contributed by atoms with Gasteiger partial charge in [-0.25, -0.2) is 9.18 Å². The molecule has 0 aliphatic carbocycles. The number of halogens is 2. The van der Waals surface area contributed by atoms with Crippen LogP contribution in [0.1, 0.15) is 6.42 Å². The van der Waals surface area contributed by atoms with E-state index < -0.39 is 0 Å². The zero-order chi connectivity index (χ0) is 10.8. The Morgan fingerprint density at radius 3 is 2.93 bits per heavy atom. The lowest BCUT2D eigenvalue weighted by Gasteiger charge is -2.28. The van der Waals surface area contributed by atoms with Crippen LogP contribution >= 0.6 is 15.9 Å². The number of amides is 2. The standard InChI is InChI=1S/C10H10BrFN2O/c11-7-3-1-4-8(12)9(7)14-6-2-5-13-10(14)15/h1,3-4H,2,5-6H2,(H,13,15). The molecule has 2 rings (SSSR count). The summed E-state index contributed by atoms with van der Waals surface area (Å²) >= 11 is 3.25. The molecular weight excluding hydrogens is 263 g/mol. The number of rotatable bonds is 1. The van der Waals surface area contributed by atoms with Gasteiger partial charge in [-0.1, -0.05) is 6.07 Å². The zero-order valence-corrected chi connectivity index (χ0v) is 9.55. The van der Waals surface area contributed by atoms with Crippen LogP contribution in [-0.2, 0) is 0 Å². The minimum atomic E-state index is -0.388. The van der Waals surface area contributed by atoms with Crippen LogP contribution < -0.4 is 10.2 Å². The Balaban J connectivity index is 2.39. The Morgan fingerprint density at radius 1 is 1.47 bits per heavy atom. The van der Waals surface area contributed by atoms with E-state index in [0.717, 1.165) is 6.42 Å². The van der Waals surface area contributed by atoms with E-state index in [1.54, 1.807) is 12.1 Å². The smallest absolute Gasteiger partial charge is 0.322 e. The predicted molar refractivity (Wildman–Crippen MR) is 59.5 cm³/mol. The molecular formula is C10H10BrFN2O. The first-order valence-corrected chi connectivity index (χ1v) is 5.49. The number of carbonyl (C=O) groups is 1. The lowest BCUT2D eigenvalue weighted by atomic mass is 10.2. The SMILES string of the molecule is O=C1NCCCN1c1c(F)cccc1Br. The molecule has 0 radical (unpaired) electrons. The Hall–Kier alpha value is -1.10. The summed E-state index contributed by atoms with van der Waals surface area (Å²) in [6, 6.07) is 4.43. The van der Waals surface area contributed by atoms with Crippen molar-refractivity contribution in [2.75, 3.05) is 18.0 Å². The average Bonchev–Trinajstić information content (AvgIpc) is 2.20. The van der Waals surface area contributed by atoms with Crippen molar-refractivity contribution in [3.8, 4) is 0 Å². The van der Waals surface area contributed by atoms with E-state index in [-0.39, 0.29) is 11.8 Å². The van der Waals surface area contributed by atoms with Crippen molar-refractivity contribution in [1.29, 1.82) is 0 Å². The molecule has 1 N–H and O–H groups in total. The second-order valence-corrected chi connectivity index (χ2v) is 4.16. The second kappa shape index (κ2) is 4.18. The third-order valence-corrected chi connectivity index (χ3v) is 2.93. The lowest BCUT2D eigenvalue weighted by molar-refractivity contribution is 0.242. The summed E-state index contributed by atoms with van der Waals surface area (Å²) in [4.78, 5) is 12.9. The number of nitrogens with one attached hydrogen (secondary N) is 1. The summed E-state index contributed by atoms with van der Waals surface area (Å²) in [5.41, 5.74) is 0.315. The minimum absolute atomic E-state index is 0.243. The van der Waals surface area contributed by atoms with Crippen LogP contribution in [0.25, 0.3) is 0 Å². The number of nitrogens with zero attached hydrogens (tertiary/aromatic N) is 1. The van der Waals surface area contributed by atoms with Crippen molar-refractivity contribution < 1.29 is 9.18 Å². The van der Waals surface area contributed by atoms with Gasteiger partial charge in [0.2, 0.25) is 0 Å². The number of hydrogen-bond acceptors (Lipinski definition) is 1. The molecule has 5 heteroatoms. The van der Waals surface area contributed by atoms with E-state index in [4.69, 9.17) is 0 Å². The highest BCUT2D eigenvalue weighted by Gasteiger charge is 2.23. The van der Waals surface area contributed by atoms with E-state index in [2.05, 4.69) is 21.2 Å². The normalized spacial score (nSPS) is 16.4. The lowest BCUT2D eigenvalue weighted by Crippen LogP contribution is -2.47. The van der Waals surface area contributed by atoms with Crippen molar-refractivity contribution in [3.05, 3.63) is 28.5 Å². The first-order chi connectivity index (χ1) is 7.20. The molecule has 1 saturated heterocycles. The number of urea groups is 1. The Morgan fingerprint density at radius 2 is 2.27 bits per heavy atom. The maximum absolute atomic E-state index is 13.6. The number of benzene rings is 1. The van der Waals surface area contributed by atoms with Crippen molar-refractivity contribution in [1.82, 2.24) is 5.32 Å². The van der Waals surface area contributed by atoms with Gasteiger partial charge in [0.25, 0.3) is 0 Å². The van der Waals surface area contributed by atoms with Crippen molar-refractivity contribution in [2.24, 2.45) is 0 Å². The quantitative estimate of drug-likeness (QED) is 0.837. The largest absolute Gasteiger partial charge is 0.338 e. The summed E-state index contributed by atoms with van der Waals surface area (Å²) in [6.45, 7) is 1.20. The van der Waals surface area contributed by atoms with Crippen LogP contribution in [0.4, 0.5) is 14.9 Å². The molecule has 0 saturated carbocycles. The predicted octanol–water partition coefficient (Wildman–Crippen LogP) is 2.51. The molecule has 0 unspecified atom stereocenters. The molecule has 3 nitrogen and oxygen atoms in total. The summed E-state index contributed by atoms with van der Waals surface area (Å²) in [6.07, 6.45) is 0.826. The van der Waals surface area contributed by atoms with Gasteiger partial charge in [-0.3, -0.25) is 4.90 Å². The fourth-order valence-corrected chi connectivity index (χ4v) is 2.15. The second-order valence-electron chi connectivity index (χ2n) is 3.31. The zero-order valence-electron chi connectivity index (χ0n) is 7.96. The third-order valence-electron chi connectivity index (χ3n) is 2.29. The molecule has 1 aromatic carbocycles. The highest BCUT2D eigenvalue weighted by molar-refractivity contribution is 9.10. The van der Waals surface area contributed by atoms with Crippen molar-refractivity contribution in [3.63, 3.8) is 0 Å². The van der Waals surface area contributed by atoms with Gasteiger partial charge in [0, 0.05) is 17.6 Å². The van der Waals surface area contributed by atoms with Gasteiger partial charge < -0.3 is 5.32 Å². The molecule has 1 aliphatic rings. The van der Waals surface area contributed by atoms with Crippen LogP contribution in [0.5, 0.6) is 0 Å². The number of para-hydroxylation sites is 1. The number of hydrogen-bond donors (Lipinski definition) is 1. The fourth-order valence-electron chi connectivity index (χ4n) is 1.59. The summed E-state index contributed by atoms with van der Waals surface area (Å²) < 4.78 is 14.2. The van der Waals surface area contributed by atoms with Crippen LogP contribution in [0.15, 0.2) is 22.7 Å². The molecule has 1 fully saturated rings. The molecule has 80 valence electrons. The first kappa shape index (κ1) is 10.4. The molecule has 0 atom stereocenters. The molecule has 1 aromatic rings. The van der Waals surface area contributed by atoms with Gasteiger partial charge in [0.1, 0.15) is 5.82 Å². The molecule has 0 aromatic heterocycles. The molecule has 15 heavy (non-hydrogen) atoms. The molecule has 0 bridgehead atoms. The van der Waals surface area contributed by atoms with Crippen molar-refractivity contribution >= 4 is 27.6 Å². The Bertz CT molecular complexity index is 377. The maximum Gasteiger partial charge on any atom is 0.322 e. The van der Waals surface area contributed by atoms with Crippen LogP contribution in [0.3, 0.4) is 0 Å². The van der Waals surface area contributed by atoms with Crippen molar-refractivity contribution in [2.45, 2.75) is 6.42 Å². The molecule has 0 spiro atoms. The highest BCUT2D eigenvalue weighted by Crippen LogP contribution is 2.29. The first-order valence-electron chi connectivity index (χ1n) is 4.69. The molecule has 1 aliphatic heterocycles. The summed E-state index contributed by atoms with van der Waals surface area (Å²) in [5.74, 6) is -0.388. The van der Waals surface area contributed by atoms with Gasteiger partial charge in [0.15, 0.2) is 0 Å². The Kier molecular flexibility index (Phi) is 2.90. The minimum Gasteiger partial charge on any atom is -0.338 e. The van der Waals surface area contributed by atoms with Gasteiger partial charge in [-0.05, 0) is 34.5 Å². The topological polar surface area (TPSA) is 32.3 Å². The third kappa shape index (κ3) is 1.97. The maximum atomic E-state index is 13.6. The van der Waals surface area contributed by atoms with Gasteiger partial charge in [-0.2, -0.15) is 0 Å². The van der Waals surface area contributed by atoms with E-state index in [1.165, 1.54) is 11.0 Å². The van der Waals surface area contributed by atoms with E-state index in [1.807, 2.05) is 0 Å². The average molecular weight is 273 g/mol. The van der Waals surface area contributed by atoms with Gasteiger partial charge in [0.05, 0.1) is 5.69 Å². The highest BCUT2D eigenvalue weighted by atomic mass is 79.9. The summed E-state index contributed by atoms with van der Waals surface area (Å²) in [7, 11) is 0. The molecule has 1 heterocycles. The number of carbonyl (C=O) groups excluding carboxylic acids is 1. The van der Waals surface area contributed by atoms with Gasteiger partial charge in [-0.15, -0.1) is 0 Å². The van der Waals surface area contributed by atoms with Crippen LogP contribution in [0, 0.1) is 5.82 Å².